The first-order valence-corrected chi connectivity index (χ1v) is 4.16. The standard InChI is InChI=1S/C9H19N/c1-5-9(10-4)7-6-8(2)3/h8-9H,4-7H2,1-3H3. The molecule has 1 unspecified atom stereocenters. The van der Waals surface area contributed by atoms with Gasteiger partial charge in [-0.15, -0.1) is 0 Å². The summed E-state index contributed by atoms with van der Waals surface area (Å²) < 4.78 is 0. The van der Waals surface area contributed by atoms with Crippen molar-refractivity contribution in [2.75, 3.05) is 0 Å². The maximum atomic E-state index is 4.03. The second kappa shape index (κ2) is 5.45. The summed E-state index contributed by atoms with van der Waals surface area (Å²) in [6, 6.07) is 0.502. The zero-order chi connectivity index (χ0) is 7.98. The Morgan fingerprint density at radius 1 is 1.30 bits per heavy atom. The molecule has 60 valence electrons. The molecule has 0 aromatic rings. The third-order valence-electron chi connectivity index (χ3n) is 1.81. The van der Waals surface area contributed by atoms with Crippen LogP contribution in [-0.2, 0) is 0 Å². The van der Waals surface area contributed by atoms with E-state index in [-0.39, 0.29) is 0 Å². The van der Waals surface area contributed by atoms with Gasteiger partial charge in [-0.1, -0.05) is 20.8 Å². The van der Waals surface area contributed by atoms with E-state index in [4.69, 9.17) is 0 Å². The van der Waals surface area contributed by atoms with Gasteiger partial charge in [-0.2, -0.15) is 0 Å². The van der Waals surface area contributed by atoms with Crippen molar-refractivity contribution in [1.29, 1.82) is 0 Å². The predicted molar refractivity (Wildman–Crippen MR) is 47.7 cm³/mol. The van der Waals surface area contributed by atoms with Gasteiger partial charge in [0.25, 0.3) is 0 Å². The molecule has 1 nitrogen and oxygen atoms in total. The number of nitrogens with zero attached hydrogens (tertiary/aromatic N) is 1. The highest BCUT2D eigenvalue weighted by Gasteiger charge is 2.02. The minimum absolute atomic E-state index is 0.502. The molecule has 0 aliphatic heterocycles. The van der Waals surface area contributed by atoms with Crippen LogP contribution in [0.5, 0.6) is 0 Å². The van der Waals surface area contributed by atoms with Crippen molar-refractivity contribution in [3.63, 3.8) is 0 Å². The Bertz CT molecular complexity index is 86.7. The molecular weight excluding hydrogens is 122 g/mol. The van der Waals surface area contributed by atoms with Gasteiger partial charge in [0, 0.05) is 6.04 Å². The van der Waals surface area contributed by atoms with E-state index in [2.05, 4.69) is 32.5 Å². The largest absolute Gasteiger partial charge is 0.298 e. The maximum Gasteiger partial charge on any atom is 0.0489 e. The van der Waals surface area contributed by atoms with E-state index in [0.29, 0.717) is 6.04 Å². The molecule has 0 radical (unpaired) electrons. The highest BCUT2D eigenvalue weighted by atomic mass is 14.7. The Morgan fingerprint density at radius 3 is 2.20 bits per heavy atom. The molecule has 0 saturated heterocycles. The van der Waals surface area contributed by atoms with Crippen LogP contribution in [0.4, 0.5) is 0 Å². The van der Waals surface area contributed by atoms with Gasteiger partial charge in [0.15, 0.2) is 0 Å². The summed E-state index contributed by atoms with van der Waals surface area (Å²) in [5.74, 6) is 0.802. The Kier molecular flexibility index (Phi) is 5.27. The molecule has 0 amide bonds. The van der Waals surface area contributed by atoms with Gasteiger partial charge >= 0.3 is 0 Å². The second-order valence-electron chi connectivity index (χ2n) is 3.22. The lowest BCUT2D eigenvalue weighted by molar-refractivity contribution is 0.492. The minimum Gasteiger partial charge on any atom is -0.298 e. The molecule has 0 aromatic carbocycles. The molecular formula is C9H19N. The molecule has 0 heterocycles. The topological polar surface area (TPSA) is 12.4 Å². The first-order chi connectivity index (χ1) is 4.70. The summed E-state index contributed by atoms with van der Waals surface area (Å²) in [5, 5.41) is 0. The zero-order valence-corrected chi connectivity index (χ0v) is 7.43. The molecule has 1 heteroatoms. The third kappa shape index (κ3) is 4.54. The fraction of sp³-hybridized carbons (Fsp3) is 0.889. The van der Waals surface area contributed by atoms with Crippen LogP contribution in [0.2, 0.25) is 0 Å². The van der Waals surface area contributed by atoms with E-state index >= 15 is 0 Å². The van der Waals surface area contributed by atoms with Gasteiger partial charge in [-0.3, -0.25) is 4.99 Å². The highest BCUT2D eigenvalue weighted by Crippen LogP contribution is 2.10. The monoisotopic (exact) mass is 141 g/mol. The average molecular weight is 141 g/mol. The number of hydrogen-bond donors (Lipinski definition) is 0. The van der Waals surface area contributed by atoms with Crippen molar-refractivity contribution in [3.8, 4) is 0 Å². The van der Waals surface area contributed by atoms with Crippen LogP contribution in [0.15, 0.2) is 4.99 Å². The van der Waals surface area contributed by atoms with Crippen LogP contribution in [0, 0.1) is 5.92 Å². The SMILES string of the molecule is C=NC(CC)CCC(C)C. The van der Waals surface area contributed by atoms with Crippen LogP contribution >= 0.6 is 0 Å². The lowest BCUT2D eigenvalue weighted by atomic mass is 10.0. The van der Waals surface area contributed by atoms with Crippen molar-refractivity contribution in [3.05, 3.63) is 0 Å². The van der Waals surface area contributed by atoms with E-state index in [1.54, 1.807) is 0 Å². The van der Waals surface area contributed by atoms with Crippen LogP contribution in [0.25, 0.3) is 0 Å². The fourth-order valence-electron chi connectivity index (χ4n) is 0.950. The van der Waals surface area contributed by atoms with Gasteiger partial charge < -0.3 is 0 Å². The van der Waals surface area contributed by atoms with Crippen LogP contribution in [0.3, 0.4) is 0 Å². The number of hydrogen-bond acceptors (Lipinski definition) is 1. The lowest BCUT2D eigenvalue weighted by Gasteiger charge is -2.09. The summed E-state index contributed by atoms with van der Waals surface area (Å²) in [7, 11) is 0. The van der Waals surface area contributed by atoms with E-state index in [0.717, 1.165) is 12.3 Å². The van der Waals surface area contributed by atoms with E-state index < -0.39 is 0 Å². The minimum atomic E-state index is 0.502. The normalized spacial score (nSPS) is 13.6. The van der Waals surface area contributed by atoms with Crippen LogP contribution < -0.4 is 0 Å². The smallest absolute Gasteiger partial charge is 0.0489 e. The third-order valence-corrected chi connectivity index (χ3v) is 1.81. The van der Waals surface area contributed by atoms with Crippen LogP contribution in [0.1, 0.15) is 40.0 Å². The van der Waals surface area contributed by atoms with Crippen molar-refractivity contribution in [2.24, 2.45) is 10.9 Å². The second-order valence-corrected chi connectivity index (χ2v) is 3.22. The molecule has 0 aliphatic rings. The van der Waals surface area contributed by atoms with E-state index in [1.807, 2.05) is 0 Å². The average Bonchev–Trinajstić information content (AvgIpc) is 1.90. The molecule has 0 fully saturated rings. The summed E-state index contributed by atoms with van der Waals surface area (Å²) in [6.07, 6.45) is 3.62. The maximum absolute atomic E-state index is 4.03. The fourth-order valence-corrected chi connectivity index (χ4v) is 0.950. The zero-order valence-electron chi connectivity index (χ0n) is 7.43. The summed E-state index contributed by atoms with van der Waals surface area (Å²) in [5.41, 5.74) is 0. The molecule has 0 spiro atoms. The molecule has 0 bridgehead atoms. The van der Waals surface area contributed by atoms with Crippen molar-refractivity contribution < 1.29 is 0 Å². The molecule has 0 rings (SSSR count). The van der Waals surface area contributed by atoms with Gasteiger partial charge in [0.05, 0.1) is 0 Å². The van der Waals surface area contributed by atoms with Crippen molar-refractivity contribution in [1.82, 2.24) is 0 Å². The Balaban J connectivity index is 3.34. The number of aliphatic imine (C=N–C) groups is 1. The van der Waals surface area contributed by atoms with Gasteiger partial charge in [0.2, 0.25) is 0 Å². The first kappa shape index (κ1) is 9.67. The van der Waals surface area contributed by atoms with Crippen molar-refractivity contribution >= 4 is 6.72 Å². The Morgan fingerprint density at radius 2 is 1.90 bits per heavy atom. The molecule has 0 saturated carbocycles. The van der Waals surface area contributed by atoms with E-state index in [1.165, 1.54) is 12.8 Å². The lowest BCUT2D eigenvalue weighted by Crippen LogP contribution is -2.03. The molecule has 0 aliphatic carbocycles. The highest BCUT2D eigenvalue weighted by molar-refractivity contribution is 5.24. The molecule has 0 N–H and O–H groups in total. The number of rotatable bonds is 5. The summed E-state index contributed by atoms with van der Waals surface area (Å²) >= 11 is 0. The van der Waals surface area contributed by atoms with Crippen molar-refractivity contribution in [2.45, 2.75) is 46.1 Å². The molecule has 1 atom stereocenters. The molecule has 10 heavy (non-hydrogen) atoms. The predicted octanol–water partition coefficient (Wildman–Crippen LogP) is 2.90. The summed E-state index contributed by atoms with van der Waals surface area (Å²) in [4.78, 5) is 4.03. The van der Waals surface area contributed by atoms with Gasteiger partial charge in [0.1, 0.15) is 0 Å². The quantitative estimate of drug-likeness (QED) is 0.522. The first-order valence-electron chi connectivity index (χ1n) is 4.16. The van der Waals surface area contributed by atoms with Gasteiger partial charge in [-0.25, -0.2) is 0 Å². The molecule has 0 aromatic heterocycles. The van der Waals surface area contributed by atoms with E-state index in [9.17, 15) is 0 Å². The van der Waals surface area contributed by atoms with Crippen LogP contribution in [-0.4, -0.2) is 12.8 Å². The Hall–Kier alpha value is -0.330. The van der Waals surface area contributed by atoms with Gasteiger partial charge in [-0.05, 0) is 31.9 Å². The Labute approximate surface area is 64.6 Å². The summed E-state index contributed by atoms with van der Waals surface area (Å²) in [6.45, 7) is 10.2.